The van der Waals surface area contributed by atoms with Gasteiger partial charge in [0.15, 0.2) is 0 Å². The molecule has 23 heavy (non-hydrogen) atoms. The van der Waals surface area contributed by atoms with Gasteiger partial charge in [-0.1, -0.05) is 0 Å². The molecule has 2 rings (SSSR count). The van der Waals surface area contributed by atoms with Crippen LogP contribution in [0.2, 0.25) is 0 Å². The average molecular weight is 340 g/mol. The molecule has 0 radical (unpaired) electrons. The molecule has 0 saturated carbocycles. The Balaban J connectivity index is 2.76. The lowest BCUT2D eigenvalue weighted by molar-refractivity contribution is -0.396. The zero-order valence-electron chi connectivity index (χ0n) is 11.1. The van der Waals surface area contributed by atoms with Crippen molar-refractivity contribution in [2.24, 2.45) is 0 Å². The summed E-state index contributed by atoms with van der Waals surface area (Å²) in [6.45, 7) is 0. The van der Waals surface area contributed by atoms with Gasteiger partial charge in [0, 0.05) is 12.1 Å². The van der Waals surface area contributed by atoms with E-state index in [0.29, 0.717) is 12.1 Å². The quantitative estimate of drug-likeness (QED) is 0.483. The van der Waals surface area contributed by atoms with Gasteiger partial charge in [-0.15, -0.1) is 0 Å². The highest BCUT2D eigenvalue weighted by Crippen LogP contribution is 2.36. The predicted molar refractivity (Wildman–Crippen MR) is 75.0 cm³/mol. The Bertz CT molecular complexity index is 923. The maximum Gasteiger partial charge on any atom is 0.295 e. The molecule has 2 N–H and O–H groups in total. The van der Waals surface area contributed by atoms with Gasteiger partial charge in [0.1, 0.15) is 21.3 Å². The summed E-state index contributed by atoms with van der Waals surface area (Å²) in [6, 6.07) is 4.65. The van der Waals surface area contributed by atoms with Crippen LogP contribution in [0.4, 0.5) is 11.4 Å². The number of aromatic hydroxyl groups is 2. The van der Waals surface area contributed by atoms with Gasteiger partial charge in [-0.25, -0.2) is 8.42 Å². The van der Waals surface area contributed by atoms with Crippen LogP contribution in [0.25, 0.3) is 0 Å². The molecule has 0 aliphatic carbocycles. The fraction of sp³-hybridized carbons (Fsp3) is 0. The third-order valence-electron chi connectivity index (χ3n) is 2.87. The molecular weight excluding hydrogens is 332 g/mol. The van der Waals surface area contributed by atoms with Gasteiger partial charge < -0.3 is 10.2 Å². The number of phenolic OH excluding ortho intramolecular Hbond substituents is 2. The Morgan fingerprint density at radius 3 is 2.09 bits per heavy atom. The van der Waals surface area contributed by atoms with E-state index in [4.69, 9.17) is 0 Å². The van der Waals surface area contributed by atoms with Crippen molar-refractivity contribution in [3.05, 3.63) is 56.6 Å². The van der Waals surface area contributed by atoms with Gasteiger partial charge in [-0.2, -0.15) is 0 Å². The van der Waals surface area contributed by atoms with Crippen molar-refractivity contribution in [1.82, 2.24) is 0 Å². The van der Waals surface area contributed by atoms with Crippen LogP contribution < -0.4 is 0 Å². The van der Waals surface area contributed by atoms with Crippen molar-refractivity contribution in [3.63, 3.8) is 0 Å². The number of rotatable bonds is 4. The molecule has 0 aliphatic rings. The summed E-state index contributed by atoms with van der Waals surface area (Å²) in [5.74, 6) is -1.21. The molecule has 0 saturated heterocycles. The molecule has 11 heteroatoms. The van der Waals surface area contributed by atoms with E-state index in [1.54, 1.807) is 0 Å². The third kappa shape index (κ3) is 2.89. The van der Waals surface area contributed by atoms with E-state index in [1.807, 2.05) is 0 Å². The first kappa shape index (κ1) is 16.2. The average Bonchev–Trinajstić information content (AvgIpc) is 2.48. The molecule has 2 aromatic carbocycles. The van der Waals surface area contributed by atoms with Crippen LogP contribution in [0.15, 0.2) is 46.2 Å². The van der Waals surface area contributed by atoms with Crippen molar-refractivity contribution in [3.8, 4) is 11.5 Å². The van der Waals surface area contributed by atoms with E-state index < -0.39 is 52.3 Å². The number of non-ortho nitro benzene ring substituents is 1. The number of nitro groups is 2. The lowest BCUT2D eigenvalue weighted by atomic mass is 10.3. The molecule has 0 aliphatic heterocycles. The number of hydrogen-bond acceptors (Lipinski definition) is 8. The summed E-state index contributed by atoms with van der Waals surface area (Å²) >= 11 is 0. The number of benzene rings is 2. The number of sulfone groups is 1. The summed E-state index contributed by atoms with van der Waals surface area (Å²) in [5.41, 5.74) is -1.67. The Labute approximate surface area is 128 Å². The molecular formula is C12H8N2O8S. The van der Waals surface area contributed by atoms with Crippen molar-refractivity contribution >= 4 is 21.2 Å². The molecule has 0 aromatic heterocycles. The third-order valence-corrected chi connectivity index (χ3v) is 4.70. The van der Waals surface area contributed by atoms with E-state index in [2.05, 4.69) is 0 Å². The minimum Gasteiger partial charge on any atom is -0.508 e. The second kappa shape index (κ2) is 5.53. The monoisotopic (exact) mass is 340 g/mol. The summed E-state index contributed by atoms with van der Waals surface area (Å²) in [7, 11) is -4.58. The standard InChI is InChI=1S/C12H8N2O8S/c15-8-2-3-10(16)12(6-8)23(21,22)11-4-1-7(13(17)18)5-9(11)14(19)20/h1-6,15-16H. The maximum atomic E-state index is 12.5. The molecule has 0 fully saturated rings. The molecule has 120 valence electrons. The van der Waals surface area contributed by atoms with Gasteiger partial charge in [-0.05, 0) is 18.2 Å². The highest BCUT2D eigenvalue weighted by Gasteiger charge is 2.32. The lowest BCUT2D eigenvalue weighted by Gasteiger charge is -2.07. The zero-order valence-corrected chi connectivity index (χ0v) is 11.9. The number of phenols is 2. The number of nitrogens with zero attached hydrogens (tertiary/aromatic N) is 2. The van der Waals surface area contributed by atoms with Crippen molar-refractivity contribution < 1.29 is 28.5 Å². The van der Waals surface area contributed by atoms with Gasteiger partial charge in [0.05, 0.1) is 15.9 Å². The molecule has 0 bridgehead atoms. The van der Waals surface area contributed by atoms with Crippen molar-refractivity contribution in [2.45, 2.75) is 9.79 Å². The number of hydrogen-bond donors (Lipinski definition) is 2. The molecule has 0 atom stereocenters. The highest BCUT2D eigenvalue weighted by molar-refractivity contribution is 7.91. The zero-order chi connectivity index (χ0) is 17.4. The topological polar surface area (TPSA) is 161 Å². The van der Waals surface area contributed by atoms with Crippen LogP contribution in [0.1, 0.15) is 0 Å². The van der Waals surface area contributed by atoms with Crippen LogP contribution in [-0.4, -0.2) is 28.5 Å². The Morgan fingerprint density at radius 1 is 0.870 bits per heavy atom. The summed E-state index contributed by atoms with van der Waals surface area (Å²) in [4.78, 5) is 18.1. The minimum atomic E-state index is -4.58. The van der Waals surface area contributed by atoms with E-state index in [9.17, 15) is 38.9 Å². The smallest absolute Gasteiger partial charge is 0.295 e. The minimum absolute atomic E-state index is 0.481. The Kier molecular flexibility index (Phi) is 3.89. The van der Waals surface area contributed by atoms with Crippen molar-refractivity contribution in [1.29, 1.82) is 0 Å². The Morgan fingerprint density at radius 2 is 1.52 bits per heavy atom. The molecule has 0 spiro atoms. The lowest BCUT2D eigenvalue weighted by Crippen LogP contribution is -2.06. The molecule has 10 nitrogen and oxygen atoms in total. The van der Waals surface area contributed by atoms with Crippen LogP contribution in [0.5, 0.6) is 11.5 Å². The molecule has 2 aromatic rings. The molecule has 0 heterocycles. The van der Waals surface area contributed by atoms with E-state index in [-0.39, 0.29) is 0 Å². The molecule has 0 unspecified atom stereocenters. The summed E-state index contributed by atoms with van der Waals surface area (Å²) in [6.07, 6.45) is 0. The first-order valence-electron chi connectivity index (χ1n) is 5.84. The van der Waals surface area contributed by atoms with E-state index in [1.165, 1.54) is 0 Å². The second-order valence-corrected chi connectivity index (χ2v) is 6.21. The predicted octanol–water partition coefficient (Wildman–Crippen LogP) is 1.75. The first-order valence-corrected chi connectivity index (χ1v) is 7.33. The van der Waals surface area contributed by atoms with Crippen LogP contribution >= 0.6 is 0 Å². The summed E-state index contributed by atoms with van der Waals surface area (Å²) < 4.78 is 24.9. The van der Waals surface area contributed by atoms with Gasteiger partial charge >= 0.3 is 0 Å². The second-order valence-electron chi connectivity index (χ2n) is 4.32. The largest absolute Gasteiger partial charge is 0.508 e. The fourth-order valence-electron chi connectivity index (χ4n) is 1.83. The summed E-state index contributed by atoms with van der Waals surface area (Å²) in [5, 5.41) is 40.7. The van der Waals surface area contributed by atoms with Gasteiger partial charge in [0.25, 0.3) is 11.4 Å². The van der Waals surface area contributed by atoms with Gasteiger partial charge in [-0.3, -0.25) is 20.2 Å². The van der Waals surface area contributed by atoms with Crippen LogP contribution in [0.3, 0.4) is 0 Å². The normalized spacial score (nSPS) is 11.1. The Hall–Kier alpha value is -3.21. The van der Waals surface area contributed by atoms with Crippen LogP contribution in [-0.2, 0) is 9.84 Å². The highest BCUT2D eigenvalue weighted by atomic mass is 32.2. The number of nitro benzene ring substituents is 2. The molecule has 0 amide bonds. The van der Waals surface area contributed by atoms with Gasteiger partial charge in [0.2, 0.25) is 9.84 Å². The fourth-order valence-corrected chi connectivity index (χ4v) is 3.34. The SMILES string of the molecule is O=[N+]([O-])c1ccc(S(=O)(=O)c2cc(O)ccc2O)c([N+](=O)[O-])c1. The first-order chi connectivity index (χ1) is 10.6. The van der Waals surface area contributed by atoms with E-state index >= 15 is 0 Å². The van der Waals surface area contributed by atoms with Crippen molar-refractivity contribution in [2.75, 3.05) is 0 Å². The van der Waals surface area contributed by atoms with Crippen LogP contribution in [0, 0.1) is 20.2 Å². The van der Waals surface area contributed by atoms with E-state index in [0.717, 1.165) is 24.3 Å². The maximum absolute atomic E-state index is 12.5.